The van der Waals surface area contributed by atoms with Crippen molar-refractivity contribution in [2.75, 3.05) is 11.9 Å². The minimum atomic E-state index is -0.351. The van der Waals surface area contributed by atoms with Crippen LogP contribution >= 0.6 is 23.1 Å². The van der Waals surface area contributed by atoms with Crippen LogP contribution in [-0.4, -0.2) is 27.9 Å². The molecule has 0 bridgehead atoms. The van der Waals surface area contributed by atoms with Gasteiger partial charge in [-0.05, 0) is 6.92 Å². The molecule has 3 N–H and O–H groups in total. The van der Waals surface area contributed by atoms with Gasteiger partial charge in [0.15, 0.2) is 4.34 Å². The van der Waals surface area contributed by atoms with Gasteiger partial charge in [-0.1, -0.05) is 29.2 Å². The highest BCUT2D eigenvalue weighted by atomic mass is 32.2. The summed E-state index contributed by atoms with van der Waals surface area (Å²) < 4.78 is 0.730. The normalized spacial score (nSPS) is 12.1. The first kappa shape index (κ1) is 12.0. The van der Waals surface area contributed by atoms with Gasteiger partial charge in [-0.25, -0.2) is 0 Å². The van der Waals surface area contributed by atoms with E-state index in [1.54, 1.807) is 13.0 Å². The summed E-state index contributed by atoms with van der Waals surface area (Å²) in [6, 6.07) is 0. The number of amides is 1. The van der Waals surface area contributed by atoms with Gasteiger partial charge in [0.1, 0.15) is 0 Å². The van der Waals surface area contributed by atoms with Crippen molar-refractivity contribution in [1.82, 2.24) is 10.2 Å². The minimum Gasteiger partial charge on any atom is -0.369 e. The van der Waals surface area contributed by atoms with Gasteiger partial charge >= 0.3 is 0 Å². The predicted octanol–water partition coefficient (Wildman–Crippen LogP) is 1.10. The largest absolute Gasteiger partial charge is 0.369 e. The van der Waals surface area contributed by atoms with Gasteiger partial charge in [-0.15, -0.1) is 16.8 Å². The van der Waals surface area contributed by atoms with E-state index in [-0.39, 0.29) is 11.2 Å². The van der Waals surface area contributed by atoms with Crippen molar-refractivity contribution in [3.8, 4) is 0 Å². The molecule has 0 aliphatic heterocycles. The lowest BCUT2D eigenvalue weighted by Gasteiger charge is -2.01. The highest BCUT2D eigenvalue weighted by Gasteiger charge is 2.13. The van der Waals surface area contributed by atoms with Crippen molar-refractivity contribution in [3.05, 3.63) is 12.7 Å². The maximum atomic E-state index is 10.8. The van der Waals surface area contributed by atoms with Crippen molar-refractivity contribution in [1.29, 1.82) is 0 Å². The van der Waals surface area contributed by atoms with Gasteiger partial charge in [0.25, 0.3) is 0 Å². The summed E-state index contributed by atoms with van der Waals surface area (Å²) in [6.07, 6.45) is 1.74. The summed E-state index contributed by atoms with van der Waals surface area (Å²) in [5.74, 6) is -0.351. The van der Waals surface area contributed by atoms with Crippen molar-refractivity contribution < 1.29 is 4.79 Å². The fourth-order valence-corrected chi connectivity index (χ4v) is 2.55. The highest BCUT2D eigenvalue weighted by molar-refractivity contribution is 8.02. The lowest BCUT2D eigenvalue weighted by Crippen LogP contribution is -2.22. The first-order chi connectivity index (χ1) is 7.13. The molecular formula is C8H12N4OS2. The molecule has 0 aliphatic carbocycles. The number of rotatable bonds is 6. The van der Waals surface area contributed by atoms with Crippen molar-refractivity contribution in [2.24, 2.45) is 5.73 Å². The zero-order valence-corrected chi connectivity index (χ0v) is 9.90. The van der Waals surface area contributed by atoms with E-state index in [9.17, 15) is 4.79 Å². The summed E-state index contributed by atoms with van der Waals surface area (Å²) in [5.41, 5.74) is 5.14. The first-order valence-electron chi connectivity index (χ1n) is 4.27. The molecule has 1 unspecified atom stereocenters. The Balaban J connectivity index is 2.52. The second-order valence-corrected chi connectivity index (χ2v) is 5.27. The summed E-state index contributed by atoms with van der Waals surface area (Å²) in [5, 5.41) is 11.3. The van der Waals surface area contributed by atoms with Gasteiger partial charge in [0.05, 0.1) is 5.25 Å². The molecule has 1 atom stereocenters. The summed E-state index contributed by atoms with van der Waals surface area (Å²) in [4.78, 5) is 10.8. The maximum absolute atomic E-state index is 10.8. The zero-order chi connectivity index (χ0) is 11.3. The molecule has 1 amide bonds. The molecule has 0 aromatic carbocycles. The van der Waals surface area contributed by atoms with Crippen molar-refractivity contribution >= 4 is 34.1 Å². The number of nitrogens with one attached hydrogen (secondary N) is 1. The molecule has 1 rings (SSSR count). The van der Waals surface area contributed by atoms with Crippen LogP contribution in [0, 0.1) is 0 Å². The Kier molecular flexibility index (Phi) is 4.57. The Morgan fingerprint density at radius 3 is 3.13 bits per heavy atom. The number of hydrogen-bond acceptors (Lipinski definition) is 6. The van der Waals surface area contributed by atoms with Crippen LogP contribution in [0.2, 0.25) is 0 Å². The van der Waals surface area contributed by atoms with Crippen LogP contribution in [0.3, 0.4) is 0 Å². The van der Waals surface area contributed by atoms with E-state index in [0.717, 1.165) is 4.34 Å². The smallest absolute Gasteiger partial charge is 0.230 e. The minimum absolute atomic E-state index is 0.287. The third kappa shape index (κ3) is 3.88. The van der Waals surface area contributed by atoms with E-state index in [1.807, 2.05) is 0 Å². The number of carbonyl (C=O) groups excluding carboxylic acids is 1. The SMILES string of the molecule is C=CCNc1nnc(SC(C)C(N)=O)s1. The molecule has 1 aromatic rings. The molecule has 1 heterocycles. The Bertz CT molecular complexity index is 352. The van der Waals surface area contributed by atoms with Crippen LogP contribution in [0.25, 0.3) is 0 Å². The number of aromatic nitrogens is 2. The molecular weight excluding hydrogens is 232 g/mol. The third-order valence-electron chi connectivity index (χ3n) is 1.48. The van der Waals surface area contributed by atoms with E-state index in [4.69, 9.17) is 5.73 Å². The fourth-order valence-electron chi connectivity index (χ4n) is 0.698. The predicted molar refractivity (Wildman–Crippen MR) is 63.1 cm³/mol. The number of nitrogens with two attached hydrogens (primary N) is 1. The van der Waals surface area contributed by atoms with E-state index >= 15 is 0 Å². The Morgan fingerprint density at radius 2 is 2.53 bits per heavy atom. The van der Waals surface area contributed by atoms with Crippen molar-refractivity contribution in [3.63, 3.8) is 0 Å². The number of anilines is 1. The summed E-state index contributed by atoms with van der Waals surface area (Å²) in [7, 11) is 0. The van der Waals surface area contributed by atoms with E-state index < -0.39 is 0 Å². The van der Waals surface area contributed by atoms with E-state index in [0.29, 0.717) is 11.7 Å². The second-order valence-electron chi connectivity index (χ2n) is 2.71. The first-order valence-corrected chi connectivity index (χ1v) is 5.97. The topological polar surface area (TPSA) is 80.9 Å². The number of hydrogen-bond donors (Lipinski definition) is 2. The van der Waals surface area contributed by atoms with Crippen LogP contribution in [0.4, 0.5) is 5.13 Å². The van der Waals surface area contributed by atoms with E-state index in [1.165, 1.54) is 23.1 Å². The molecule has 82 valence electrons. The Labute approximate surface area is 96.2 Å². The number of thioether (sulfide) groups is 1. The van der Waals surface area contributed by atoms with Crippen LogP contribution < -0.4 is 11.1 Å². The lowest BCUT2D eigenvalue weighted by atomic mass is 10.5. The van der Waals surface area contributed by atoms with Gasteiger partial charge in [0, 0.05) is 6.54 Å². The molecule has 0 saturated carbocycles. The Hall–Kier alpha value is -1.08. The van der Waals surface area contributed by atoms with Gasteiger partial charge in [0.2, 0.25) is 11.0 Å². The molecule has 1 aromatic heterocycles. The number of nitrogens with zero attached hydrogens (tertiary/aromatic N) is 2. The van der Waals surface area contributed by atoms with E-state index in [2.05, 4.69) is 22.1 Å². The standard InChI is InChI=1S/C8H12N4OS2/c1-3-4-10-7-11-12-8(15-7)14-5(2)6(9)13/h3,5H,1,4H2,2H3,(H2,9,13)(H,10,11). The second kappa shape index (κ2) is 5.72. The highest BCUT2D eigenvalue weighted by Crippen LogP contribution is 2.28. The maximum Gasteiger partial charge on any atom is 0.230 e. The van der Waals surface area contributed by atoms with Crippen LogP contribution in [-0.2, 0) is 4.79 Å². The van der Waals surface area contributed by atoms with Crippen LogP contribution in [0.5, 0.6) is 0 Å². The molecule has 0 aliphatic rings. The molecule has 0 saturated heterocycles. The molecule has 7 heteroatoms. The average molecular weight is 244 g/mol. The third-order valence-corrected chi connectivity index (χ3v) is 3.57. The van der Waals surface area contributed by atoms with Crippen LogP contribution in [0.15, 0.2) is 17.0 Å². The zero-order valence-electron chi connectivity index (χ0n) is 8.27. The van der Waals surface area contributed by atoms with Gasteiger partial charge in [-0.2, -0.15) is 0 Å². The van der Waals surface area contributed by atoms with Gasteiger partial charge < -0.3 is 11.1 Å². The molecule has 0 spiro atoms. The monoisotopic (exact) mass is 244 g/mol. The number of carbonyl (C=O) groups is 1. The van der Waals surface area contributed by atoms with Crippen molar-refractivity contribution in [2.45, 2.75) is 16.5 Å². The Morgan fingerprint density at radius 1 is 1.80 bits per heavy atom. The van der Waals surface area contributed by atoms with Gasteiger partial charge in [-0.3, -0.25) is 4.79 Å². The fraction of sp³-hybridized carbons (Fsp3) is 0.375. The summed E-state index contributed by atoms with van der Waals surface area (Å²) >= 11 is 2.70. The lowest BCUT2D eigenvalue weighted by molar-refractivity contribution is -0.117. The number of primary amides is 1. The molecule has 5 nitrogen and oxygen atoms in total. The van der Waals surface area contributed by atoms with Crippen LogP contribution in [0.1, 0.15) is 6.92 Å². The molecule has 0 radical (unpaired) electrons. The summed E-state index contributed by atoms with van der Waals surface area (Å²) in [6.45, 7) is 5.97. The molecule has 0 fully saturated rings. The average Bonchev–Trinajstić information content (AvgIpc) is 2.62. The quantitative estimate of drug-likeness (QED) is 0.578. The molecule has 15 heavy (non-hydrogen) atoms.